The van der Waals surface area contributed by atoms with Crippen molar-refractivity contribution in [1.29, 1.82) is 0 Å². The normalized spacial score (nSPS) is 9.83. The quantitative estimate of drug-likeness (QED) is 0.843. The SMILES string of the molecule is C=C(NNC(=O)c1ccccc1Cl)c1cccs1. The van der Waals surface area contributed by atoms with Gasteiger partial charge in [0, 0.05) is 0 Å². The van der Waals surface area contributed by atoms with Gasteiger partial charge in [-0.15, -0.1) is 11.3 Å². The third-order valence-corrected chi connectivity index (χ3v) is 3.52. The largest absolute Gasteiger partial charge is 0.298 e. The van der Waals surface area contributed by atoms with Gasteiger partial charge in [-0.2, -0.15) is 0 Å². The number of carbonyl (C=O) groups excluding carboxylic acids is 1. The van der Waals surface area contributed by atoms with E-state index in [1.54, 1.807) is 35.6 Å². The molecule has 0 spiro atoms. The minimum Gasteiger partial charge on any atom is -0.298 e. The highest BCUT2D eigenvalue weighted by Crippen LogP contribution is 2.16. The number of hydrazine groups is 1. The van der Waals surface area contributed by atoms with Crippen molar-refractivity contribution >= 4 is 34.5 Å². The molecule has 1 heterocycles. The van der Waals surface area contributed by atoms with E-state index < -0.39 is 0 Å². The number of thiophene rings is 1. The highest BCUT2D eigenvalue weighted by molar-refractivity contribution is 7.11. The number of nitrogens with one attached hydrogen (secondary N) is 2. The molecule has 2 N–H and O–H groups in total. The molecule has 1 aromatic heterocycles. The third-order valence-electron chi connectivity index (χ3n) is 2.26. The predicted molar refractivity (Wildman–Crippen MR) is 75.4 cm³/mol. The molecule has 0 aliphatic carbocycles. The van der Waals surface area contributed by atoms with Crippen molar-refractivity contribution in [2.24, 2.45) is 0 Å². The lowest BCUT2D eigenvalue weighted by Crippen LogP contribution is -2.35. The van der Waals surface area contributed by atoms with E-state index in [-0.39, 0.29) is 5.91 Å². The minimum absolute atomic E-state index is 0.293. The molecule has 0 aliphatic rings. The van der Waals surface area contributed by atoms with Crippen molar-refractivity contribution in [3.05, 3.63) is 63.8 Å². The molecule has 0 radical (unpaired) electrons. The Hall–Kier alpha value is -1.78. The van der Waals surface area contributed by atoms with Gasteiger partial charge in [0.25, 0.3) is 5.91 Å². The maximum absolute atomic E-state index is 11.8. The smallest absolute Gasteiger partial charge is 0.271 e. The third kappa shape index (κ3) is 2.91. The summed E-state index contributed by atoms with van der Waals surface area (Å²) >= 11 is 7.47. The Morgan fingerprint density at radius 2 is 1.94 bits per heavy atom. The zero-order valence-electron chi connectivity index (χ0n) is 9.44. The van der Waals surface area contributed by atoms with Crippen molar-refractivity contribution in [1.82, 2.24) is 10.9 Å². The highest BCUT2D eigenvalue weighted by Gasteiger charge is 2.09. The molecule has 0 saturated carbocycles. The average molecular weight is 279 g/mol. The van der Waals surface area contributed by atoms with E-state index in [4.69, 9.17) is 11.6 Å². The molecule has 0 unspecified atom stereocenters. The van der Waals surface area contributed by atoms with Crippen LogP contribution in [0.15, 0.2) is 48.4 Å². The summed E-state index contributed by atoms with van der Waals surface area (Å²) < 4.78 is 0. The molecule has 0 fully saturated rings. The Kier molecular flexibility index (Phi) is 4.02. The molecule has 1 amide bonds. The monoisotopic (exact) mass is 278 g/mol. The number of halogens is 1. The van der Waals surface area contributed by atoms with Gasteiger partial charge in [-0.3, -0.25) is 15.6 Å². The fourth-order valence-corrected chi connectivity index (χ4v) is 2.23. The summed E-state index contributed by atoms with van der Waals surface area (Å²) in [5.74, 6) is -0.293. The second-order valence-electron chi connectivity index (χ2n) is 3.51. The highest BCUT2D eigenvalue weighted by atomic mass is 35.5. The first-order valence-corrected chi connectivity index (χ1v) is 6.48. The summed E-state index contributed by atoms with van der Waals surface area (Å²) in [6.07, 6.45) is 0. The molecule has 3 nitrogen and oxygen atoms in total. The maximum Gasteiger partial charge on any atom is 0.271 e. The van der Waals surface area contributed by atoms with E-state index in [2.05, 4.69) is 17.4 Å². The van der Waals surface area contributed by atoms with E-state index in [1.807, 2.05) is 17.5 Å². The fourth-order valence-electron chi connectivity index (χ4n) is 1.36. The van der Waals surface area contributed by atoms with E-state index in [0.29, 0.717) is 16.3 Å². The second-order valence-corrected chi connectivity index (χ2v) is 4.87. The number of benzene rings is 1. The van der Waals surface area contributed by atoms with Crippen molar-refractivity contribution in [3.63, 3.8) is 0 Å². The summed E-state index contributed by atoms with van der Waals surface area (Å²) in [7, 11) is 0. The second kappa shape index (κ2) is 5.71. The van der Waals surface area contributed by atoms with Crippen LogP contribution in [0.4, 0.5) is 0 Å². The topological polar surface area (TPSA) is 41.1 Å². The molecule has 0 atom stereocenters. The van der Waals surface area contributed by atoms with Crippen LogP contribution in [0.3, 0.4) is 0 Å². The van der Waals surface area contributed by atoms with Crippen molar-refractivity contribution < 1.29 is 4.79 Å². The molecule has 0 saturated heterocycles. The van der Waals surface area contributed by atoms with Crippen molar-refractivity contribution in [2.45, 2.75) is 0 Å². The van der Waals surface area contributed by atoms with Gasteiger partial charge < -0.3 is 0 Å². The molecular formula is C13H11ClN2OS. The van der Waals surface area contributed by atoms with E-state index in [1.165, 1.54) is 0 Å². The lowest BCUT2D eigenvalue weighted by atomic mass is 10.2. The Balaban J connectivity index is 1.97. The first-order chi connectivity index (χ1) is 8.68. The van der Waals surface area contributed by atoms with Crippen LogP contribution in [0.25, 0.3) is 5.70 Å². The van der Waals surface area contributed by atoms with Crippen LogP contribution in [-0.2, 0) is 0 Å². The van der Waals surface area contributed by atoms with Gasteiger partial charge in [-0.1, -0.05) is 36.4 Å². The van der Waals surface area contributed by atoms with E-state index >= 15 is 0 Å². The van der Waals surface area contributed by atoms with Crippen molar-refractivity contribution in [3.8, 4) is 0 Å². The van der Waals surface area contributed by atoms with Crippen LogP contribution < -0.4 is 10.9 Å². The van der Waals surface area contributed by atoms with Gasteiger partial charge >= 0.3 is 0 Å². The number of hydrogen-bond acceptors (Lipinski definition) is 3. The number of amides is 1. The van der Waals surface area contributed by atoms with Crippen LogP contribution in [0.5, 0.6) is 0 Å². The van der Waals surface area contributed by atoms with E-state index in [9.17, 15) is 4.79 Å². The summed E-state index contributed by atoms with van der Waals surface area (Å²) in [5, 5.41) is 2.36. The zero-order chi connectivity index (χ0) is 13.0. The van der Waals surface area contributed by atoms with Gasteiger partial charge in [0.15, 0.2) is 0 Å². The lowest BCUT2D eigenvalue weighted by molar-refractivity contribution is 0.0942. The number of hydrogen-bond donors (Lipinski definition) is 2. The maximum atomic E-state index is 11.8. The molecule has 0 aliphatic heterocycles. The standard InChI is InChI=1S/C13H11ClN2OS/c1-9(12-7-4-8-18-12)15-16-13(17)10-5-2-3-6-11(10)14/h2-8,15H,1H2,(H,16,17). The summed E-state index contributed by atoms with van der Waals surface area (Å²) in [6, 6.07) is 10.7. The molecule has 1 aromatic carbocycles. The van der Waals surface area contributed by atoms with Gasteiger partial charge in [0.05, 0.1) is 21.2 Å². The molecular weight excluding hydrogens is 268 g/mol. The lowest BCUT2D eigenvalue weighted by Gasteiger charge is -2.10. The average Bonchev–Trinajstić information content (AvgIpc) is 2.90. The predicted octanol–water partition coefficient (Wildman–Crippen LogP) is 3.31. The minimum atomic E-state index is -0.293. The Labute approximate surface area is 114 Å². The first kappa shape index (κ1) is 12.7. The molecule has 2 aromatic rings. The van der Waals surface area contributed by atoms with Crippen LogP contribution in [0.2, 0.25) is 5.02 Å². The molecule has 18 heavy (non-hydrogen) atoms. The van der Waals surface area contributed by atoms with Crippen molar-refractivity contribution in [2.75, 3.05) is 0 Å². The summed E-state index contributed by atoms with van der Waals surface area (Å²) in [4.78, 5) is 12.8. The summed E-state index contributed by atoms with van der Waals surface area (Å²) in [5.41, 5.74) is 6.40. The van der Waals surface area contributed by atoms with Gasteiger partial charge in [0.1, 0.15) is 0 Å². The van der Waals surface area contributed by atoms with Crippen LogP contribution in [0, 0.1) is 0 Å². The molecule has 5 heteroatoms. The van der Waals surface area contributed by atoms with Crippen LogP contribution in [0.1, 0.15) is 15.2 Å². The Morgan fingerprint density at radius 3 is 2.61 bits per heavy atom. The number of carbonyl (C=O) groups is 1. The van der Waals surface area contributed by atoms with Crippen LogP contribution in [-0.4, -0.2) is 5.91 Å². The van der Waals surface area contributed by atoms with Gasteiger partial charge in [0.2, 0.25) is 0 Å². The zero-order valence-corrected chi connectivity index (χ0v) is 11.0. The van der Waals surface area contributed by atoms with E-state index in [0.717, 1.165) is 4.88 Å². The number of rotatable bonds is 4. The van der Waals surface area contributed by atoms with Gasteiger partial charge in [-0.25, -0.2) is 0 Å². The van der Waals surface area contributed by atoms with Crippen LogP contribution >= 0.6 is 22.9 Å². The Morgan fingerprint density at radius 1 is 1.17 bits per heavy atom. The van der Waals surface area contributed by atoms with Gasteiger partial charge in [-0.05, 0) is 23.6 Å². The Bertz CT molecular complexity index is 566. The molecule has 0 bridgehead atoms. The fraction of sp³-hybridized carbons (Fsp3) is 0. The molecule has 2 rings (SSSR count). The molecule has 92 valence electrons. The summed E-state index contributed by atoms with van der Waals surface area (Å²) in [6.45, 7) is 3.84. The first-order valence-electron chi connectivity index (χ1n) is 5.22.